The summed E-state index contributed by atoms with van der Waals surface area (Å²) in [5, 5.41) is 17.8. The van der Waals surface area contributed by atoms with Crippen LogP contribution in [0, 0.1) is 0 Å². The third-order valence-electron chi connectivity index (χ3n) is 4.99. The van der Waals surface area contributed by atoms with E-state index in [1.165, 1.54) is 39.4 Å². The van der Waals surface area contributed by atoms with Crippen molar-refractivity contribution in [3.63, 3.8) is 0 Å². The summed E-state index contributed by atoms with van der Waals surface area (Å²) >= 11 is 0. The molecule has 1 aliphatic rings. The second kappa shape index (κ2) is 9.36. The van der Waals surface area contributed by atoms with Gasteiger partial charge in [-0.1, -0.05) is 13.0 Å². The third kappa shape index (κ3) is 3.96. The minimum absolute atomic E-state index is 0. The van der Waals surface area contributed by atoms with Gasteiger partial charge in [0.15, 0.2) is 0 Å². The Balaban J connectivity index is 0.00000341. The van der Waals surface area contributed by atoms with Crippen LogP contribution in [0.15, 0.2) is 38.0 Å². The van der Waals surface area contributed by atoms with E-state index in [1.54, 1.807) is 0 Å². The van der Waals surface area contributed by atoms with Gasteiger partial charge in [-0.3, -0.25) is 28.4 Å². The number of nitrogens with zero attached hydrogens (tertiary/aromatic N) is 5. The number of aromatic nitrogens is 2. The second-order valence-electron chi connectivity index (χ2n) is 6.78. The molecule has 0 saturated carbocycles. The van der Waals surface area contributed by atoms with E-state index in [1.807, 2.05) is 6.92 Å². The van der Waals surface area contributed by atoms with Crippen LogP contribution in [0.25, 0.3) is 0 Å². The number of ether oxygens (including phenoxy) is 1. The molecule has 2 amide bonds. The molecule has 1 aliphatic heterocycles. The van der Waals surface area contributed by atoms with Crippen LogP contribution in [-0.4, -0.2) is 50.7 Å². The van der Waals surface area contributed by atoms with Crippen molar-refractivity contribution in [2.45, 2.75) is 19.4 Å². The molecule has 11 nitrogen and oxygen atoms in total. The fourth-order valence-electron chi connectivity index (χ4n) is 3.28. The van der Waals surface area contributed by atoms with Crippen LogP contribution in [0.4, 0.5) is 11.4 Å². The molecule has 1 aromatic heterocycles. The Labute approximate surface area is 186 Å². The fraction of sp³-hybridized carbons (Fsp3) is 0.368. The first-order chi connectivity index (χ1) is 14.2. The van der Waals surface area contributed by atoms with Gasteiger partial charge in [-0.05, 0) is 18.6 Å². The molecule has 0 spiro atoms. The number of aromatic hydroxyl groups is 1. The molecule has 0 fully saturated rings. The molecule has 0 aliphatic carbocycles. The monoisotopic (exact) mass is 473 g/mol. The van der Waals surface area contributed by atoms with Gasteiger partial charge in [0.25, 0.3) is 17.4 Å². The van der Waals surface area contributed by atoms with Crippen LogP contribution in [0.3, 0.4) is 0 Å². The summed E-state index contributed by atoms with van der Waals surface area (Å²) in [5.74, 6) is -1.66. The zero-order valence-corrected chi connectivity index (χ0v) is 18.3. The van der Waals surface area contributed by atoms with Gasteiger partial charge in [0, 0.05) is 21.2 Å². The SMILES string of the molecule is CCC(COC)N1C(=O)c2cccc(N=Nc3c(O)n(C)c(=O)n(C)c3=O)c2C1=O.[Ni+2]. The zero-order valence-electron chi connectivity index (χ0n) is 17.3. The van der Waals surface area contributed by atoms with Gasteiger partial charge < -0.3 is 9.84 Å². The van der Waals surface area contributed by atoms with E-state index in [0.717, 1.165) is 14.0 Å². The van der Waals surface area contributed by atoms with Gasteiger partial charge in [0.2, 0.25) is 11.6 Å². The standard InChI is InChI=1S/C19H21N5O6.Ni/c1-5-10(9-30-4)24-15(25)11-7-6-8-12(13(11)16(24)26)20-21-14-17(27)22(2)19(29)23(3)18(14)28;/h6-8,10,27H,5,9H2,1-4H3;/q;+2. The summed E-state index contributed by atoms with van der Waals surface area (Å²) in [6.45, 7) is 2.03. The van der Waals surface area contributed by atoms with Crippen molar-refractivity contribution in [1.82, 2.24) is 14.0 Å². The average molecular weight is 474 g/mol. The van der Waals surface area contributed by atoms with Crippen molar-refractivity contribution >= 4 is 23.2 Å². The molecule has 12 heteroatoms. The summed E-state index contributed by atoms with van der Waals surface area (Å²) in [5.41, 5.74) is -1.74. The van der Waals surface area contributed by atoms with Gasteiger partial charge in [0.1, 0.15) is 0 Å². The van der Waals surface area contributed by atoms with Crippen molar-refractivity contribution in [2.75, 3.05) is 13.7 Å². The van der Waals surface area contributed by atoms with Crippen LogP contribution < -0.4 is 11.2 Å². The molecule has 1 N–H and O–H groups in total. The minimum atomic E-state index is -0.845. The smallest absolute Gasteiger partial charge is 0.493 e. The molecule has 1 aromatic carbocycles. The normalized spacial score (nSPS) is 14.1. The Bertz CT molecular complexity index is 1190. The molecule has 1 atom stereocenters. The Morgan fingerprint density at radius 3 is 2.35 bits per heavy atom. The third-order valence-corrected chi connectivity index (χ3v) is 4.99. The first-order valence-corrected chi connectivity index (χ1v) is 9.15. The first-order valence-electron chi connectivity index (χ1n) is 9.15. The number of methoxy groups -OCH3 is 1. The van der Waals surface area contributed by atoms with Crippen molar-refractivity contribution in [3.05, 3.63) is 50.2 Å². The molecular formula is C19H21N5NiO6+2. The van der Waals surface area contributed by atoms with Gasteiger partial charge in [0.05, 0.1) is 29.5 Å². The van der Waals surface area contributed by atoms with Crippen molar-refractivity contribution in [3.8, 4) is 5.88 Å². The molecular weight excluding hydrogens is 453 g/mol. The molecule has 2 aromatic rings. The summed E-state index contributed by atoms with van der Waals surface area (Å²) in [6, 6.07) is 4.08. The molecule has 31 heavy (non-hydrogen) atoms. The number of hydrogen-bond donors (Lipinski definition) is 1. The molecule has 2 heterocycles. The number of hydrogen-bond acceptors (Lipinski definition) is 8. The Morgan fingerprint density at radius 1 is 1.06 bits per heavy atom. The van der Waals surface area contributed by atoms with Crippen molar-refractivity contribution < 1.29 is 35.9 Å². The number of imide groups is 1. The van der Waals surface area contributed by atoms with Gasteiger partial charge >= 0.3 is 22.2 Å². The van der Waals surface area contributed by atoms with E-state index in [-0.39, 0.29) is 39.9 Å². The molecule has 1 unspecified atom stereocenters. The van der Waals surface area contributed by atoms with Crippen LogP contribution in [0.5, 0.6) is 5.88 Å². The van der Waals surface area contributed by atoms with E-state index >= 15 is 0 Å². The van der Waals surface area contributed by atoms with Crippen LogP contribution in [-0.2, 0) is 35.3 Å². The van der Waals surface area contributed by atoms with Crippen LogP contribution in [0.1, 0.15) is 34.1 Å². The number of fused-ring (bicyclic) bond motifs is 1. The minimum Gasteiger partial charge on any atom is -0.493 e. The maximum Gasteiger partial charge on any atom is 2.00 e. The van der Waals surface area contributed by atoms with Crippen LogP contribution in [0.2, 0.25) is 0 Å². The summed E-state index contributed by atoms with van der Waals surface area (Å²) < 4.78 is 6.74. The summed E-state index contributed by atoms with van der Waals surface area (Å²) in [4.78, 5) is 51.0. The fourth-order valence-corrected chi connectivity index (χ4v) is 3.28. The zero-order chi connectivity index (χ0) is 22.2. The molecule has 166 valence electrons. The second-order valence-corrected chi connectivity index (χ2v) is 6.78. The summed E-state index contributed by atoms with van der Waals surface area (Å²) in [7, 11) is 4.00. The maximum atomic E-state index is 13.0. The van der Waals surface area contributed by atoms with E-state index in [9.17, 15) is 24.3 Å². The van der Waals surface area contributed by atoms with Gasteiger partial charge in [-0.15, -0.1) is 10.2 Å². The maximum absolute atomic E-state index is 13.0. The van der Waals surface area contributed by atoms with Gasteiger partial charge in [-0.25, -0.2) is 4.79 Å². The Hall–Kier alpha value is -3.11. The molecule has 0 bridgehead atoms. The van der Waals surface area contributed by atoms with E-state index in [2.05, 4.69) is 10.2 Å². The van der Waals surface area contributed by atoms with Gasteiger partial charge in [-0.2, -0.15) is 0 Å². The van der Waals surface area contributed by atoms with E-state index in [4.69, 9.17) is 4.74 Å². The summed E-state index contributed by atoms with van der Waals surface area (Å²) in [6.07, 6.45) is 0.512. The predicted molar refractivity (Wildman–Crippen MR) is 106 cm³/mol. The molecule has 0 saturated heterocycles. The number of amides is 2. The topological polar surface area (TPSA) is 136 Å². The number of carbonyl (C=O) groups is 2. The molecule has 0 radical (unpaired) electrons. The number of rotatable bonds is 6. The van der Waals surface area contributed by atoms with Crippen molar-refractivity contribution in [2.24, 2.45) is 24.3 Å². The quantitative estimate of drug-likeness (QED) is 0.380. The largest absolute Gasteiger partial charge is 2.00 e. The number of azo groups is 1. The predicted octanol–water partition coefficient (Wildman–Crippen LogP) is 1.22. The Morgan fingerprint density at radius 2 is 1.74 bits per heavy atom. The average Bonchev–Trinajstić information content (AvgIpc) is 3.00. The van der Waals surface area contributed by atoms with Crippen molar-refractivity contribution in [1.29, 1.82) is 0 Å². The first kappa shape index (κ1) is 24.2. The van der Waals surface area contributed by atoms with Crippen LogP contribution >= 0.6 is 0 Å². The van der Waals surface area contributed by atoms with E-state index < -0.39 is 40.7 Å². The van der Waals surface area contributed by atoms with E-state index in [0.29, 0.717) is 6.42 Å². The number of benzene rings is 1. The number of carbonyl (C=O) groups excluding carboxylic acids is 2. The molecule has 3 rings (SSSR count). The Kier molecular flexibility index (Phi) is 7.30.